The summed E-state index contributed by atoms with van der Waals surface area (Å²) in [6.07, 6.45) is 2.14. The van der Waals surface area contributed by atoms with E-state index in [1.54, 1.807) is 0 Å². The molecule has 4 heteroatoms. The standard InChI is InChI=1S/C20H23ClN2O/c1-13-10-14(2)20(17(21)11-13)22-19(24)12-23(3)18-9-8-15-6-4-5-7-16(15)18/h4-7,10-11,18H,8-9,12H2,1-3H3,(H,22,24)/t18-/m0/s1. The molecule has 1 aliphatic rings. The molecule has 0 heterocycles. The molecule has 0 saturated heterocycles. The third-order valence-electron chi connectivity index (χ3n) is 4.72. The summed E-state index contributed by atoms with van der Waals surface area (Å²) < 4.78 is 0. The lowest BCUT2D eigenvalue weighted by Gasteiger charge is -2.25. The molecule has 126 valence electrons. The zero-order valence-corrected chi connectivity index (χ0v) is 15.2. The molecule has 2 aromatic rings. The summed E-state index contributed by atoms with van der Waals surface area (Å²) in [6.45, 7) is 4.31. The highest BCUT2D eigenvalue weighted by atomic mass is 35.5. The fourth-order valence-corrected chi connectivity index (χ4v) is 3.95. The molecular formula is C20H23ClN2O. The first-order chi connectivity index (χ1) is 11.5. The Labute approximate surface area is 148 Å². The zero-order valence-electron chi connectivity index (χ0n) is 14.4. The molecule has 3 rings (SSSR count). The summed E-state index contributed by atoms with van der Waals surface area (Å²) in [5.41, 5.74) is 5.54. The topological polar surface area (TPSA) is 32.3 Å². The van der Waals surface area contributed by atoms with Crippen molar-refractivity contribution in [1.29, 1.82) is 0 Å². The predicted molar refractivity (Wildman–Crippen MR) is 99.7 cm³/mol. The average Bonchev–Trinajstić information content (AvgIpc) is 2.95. The van der Waals surface area contributed by atoms with Crippen LogP contribution in [-0.2, 0) is 11.2 Å². The normalized spacial score (nSPS) is 16.3. The predicted octanol–water partition coefficient (Wildman–Crippen LogP) is 4.51. The highest BCUT2D eigenvalue weighted by Crippen LogP contribution is 2.34. The number of carbonyl (C=O) groups is 1. The smallest absolute Gasteiger partial charge is 0.238 e. The molecule has 1 N–H and O–H groups in total. The minimum Gasteiger partial charge on any atom is -0.323 e. The fraction of sp³-hybridized carbons (Fsp3) is 0.350. The number of hydrogen-bond acceptors (Lipinski definition) is 2. The van der Waals surface area contributed by atoms with Crippen LogP contribution in [0.3, 0.4) is 0 Å². The van der Waals surface area contributed by atoms with Gasteiger partial charge in [-0.05, 0) is 62.1 Å². The minimum atomic E-state index is -0.0317. The number of carbonyl (C=O) groups excluding carboxylic acids is 1. The molecule has 1 amide bonds. The van der Waals surface area contributed by atoms with Crippen LogP contribution < -0.4 is 5.32 Å². The SMILES string of the molecule is Cc1cc(C)c(NC(=O)CN(C)[C@H]2CCc3ccccc32)c(Cl)c1. The number of aryl methyl sites for hydroxylation is 3. The second-order valence-electron chi connectivity index (χ2n) is 6.66. The van der Waals surface area contributed by atoms with Gasteiger partial charge in [-0.1, -0.05) is 41.9 Å². The summed E-state index contributed by atoms with van der Waals surface area (Å²) >= 11 is 6.28. The van der Waals surface area contributed by atoms with Gasteiger partial charge in [-0.3, -0.25) is 9.69 Å². The third-order valence-corrected chi connectivity index (χ3v) is 5.02. The Morgan fingerprint density at radius 1 is 1.29 bits per heavy atom. The molecule has 1 aliphatic carbocycles. The summed E-state index contributed by atoms with van der Waals surface area (Å²) in [6, 6.07) is 12.7. The second-order valence-corrected chi connectivity index (χ2v) is 7.06. The van der Waals surface area contributed by atoms with Gasteiger partial charge in [0.2, 0.25) is 5.91 Å². The average molecular weight is 343 g/mol. The number of halogens is 1. The van der Waals surface area contributed by atoms with E-state index in [1.807, 2.05) is 33.0 Å². The maximum atomic E-state index is 12.5. The number of nitrogens with one attached hydrogen (secondary N) is 1. The van der Waals surface area contributed by atoms with E-state index in [2.05, 4.69) is 34.5 Å². The monoisotopic (exact) mass is 342 g/mol. The van der Waals surface area contributed by atoms with Crippen molar-refractivity contribution >= 4 is 23.2 Å². The van der Waals surface area contributed by atoms with E-state index < -0.39 is 0 Å². The summed E-state index contributed by atoms with van der Waals surface area (Å²) in [4.78, 5) is 14.6. The van der Waals surface area contributed by atoms with E-state index in [1.165, 1.54) is 11.1 Å². The van der Waals surface area contributed by atoms with Crippen molar-refractivity contribution in [3.63, 3.8) is 0 Å². The number of likely N-dealkylation sites (N-methyl/N-ethyl adjacent to an activating group) is 1. The molecule has 0 radical (unpaired) electrons. The summed E-state index contributed by atoms with van der Waals surface area (Å²) in [5.74, 6) is -0.0317. The van der Waals surface area contributed by atoms with E-state index in [-0.39, 0.29) is 5.91 Å². The van der Waals surface area contributed by atoms with Crippen molar-refractivity contribution in [2.75, 3.05) is 18.9 Å². The van der Waals surface area contributed by atoms with E-state index in [0.29, 0.717) is 23.3 Å². The summed E-state index contributed by atoms with van der Waals surface area (Å²) in [5, 5.41) is 3.56. The quantitative estimate of drug-likeness (QED) is 0.886. The number of fused-ring (bicyclic) bond motifs is 1. The minimum absolute atomic E-state index is 0.0317. The largest absolute Gasteiger partial charge is 0.323 e. The van der Waals surface area contributed by atoms with Gasteiger partial charge < -0.3 is 5.32 Å². The van der Waals surface area contributed by atoms with Gasteiger partial charge in [-0.25, -0.2) is 0 Å². The molecule has 3 nitrogen and oxygen atoms in total. The highest BCUT2D eigenvalue weighted by Gasteiger charge is 2.26. The van der Waals surface area contributed by atoms with Crippen molar-refractivity contribution in [2.24, 2.45) is 0 Å². The molecule has 1 atom stereocenters. The maximum absolute atomic E-state index is 12.5. The molecule has 2 aromatic carbocycles. The van der Waals surface area contributed by atoms with Crippen molar-refractivity contribution in [2.45, 2.75) is 32.7 Å². The first-order valence-corrected chi connectivity index (χ1v) is 8.68. The van der Waals surface area contributed by atoms with Crippen LogP contribution in [0.2, 0.25) is 5.02 Å². The van der Waals surface area contributed by atoms with Gasteiger partial charge in [-0.15, -0.1) is 0 Å². The van der Waals surface area contributed by atoms with Crippen molar-refractivity contribution in [3.05, 3.63) is 63.7 Å². The molecule has 24 heavy (non-hydrogen) atoms. The third kappa shape index (κ3) is 3.47. The number of anilines is 1. The van der Waals surface area contributed by atoms with E-state index in [4.69, 9.17) is 11.6 Å². The van der Waals surface area contributed by atoms with Gasteiger partial charge in [-0.2, -0.15) is 0 Å². The molecule has 0 aromatic heterocycles. The zero-order chi connectivity index (χ0) is 17.3. The van der Waals surface area contributed by atoms with Crippen molar-refractivity contribution < 1.29 is 4.79 Å². The van der Waals surface area contributed by atoms with Gasteiger partial charge in [0.15, 0.2) is 0 Å². The lowest BCUT2D eigenvalue weighted by atomic mass is 10.1. The Morgan fingerprint density at radius 3 is 2.79 bits per heavy atom. The molecule has 0 fully saturated rings. The van der Waals surface area contributed by atoms with E-state index >= 15 is 0 Å². The Morgan fingerprint density at radius 2 is 2.04 bits per heavy atom. The second kappa shape index (κ2) is 6.96. The van der Waals surface area contributed by atoms with Crippen LogP contribution in [0, 0.1) is 13.8 Å². The Kier molecular flexibility index (Phi) is 4.93. The number of hydrogen-bond donors (Lipinski definition) is 1. The lowest BCUT2D eigenvalue weighted by molar-refractivity contribution is -0.117. The van der Waals surface area contributed by atoms with Crippen LogP contribution in [0.1, 0.15) is 34.7 Å². The van der Waals surface area contributed by atoms with Crippen LogP contribution in [0.25, 0.3) is 0 Å². The van der Waals surface area contributed by atoms with Gasteiger partial charge in [0, 0.05) is 6.04 Å². The van der Waals surface area contributed by atoms with Crippen LogP contribution in [-0.4, -0.2) is 24.4 Å². The van der Waals surface area contributed by atoms with Gasteiger partial charge in [0.1, 0.15) is 0 Å². The molecule has 0 saturated carbocycles. The number of nitrogens with zero attached hydrogens (tertiary/aromatic N) is 1. The molecule has 0 spiro atoms. The van der Waals surface area contributed by atoms with Gasteiger partial charge >= 0.3 is 0 Å². The maximum Gasteiger partial charge on any atom is 0.238 e. The number of amides is 1. The van der Waals surface area contributed by atoms with Crippen LogP contribution in [0.15, 0.2) is 36.4 Å². The van der Waals surface area contributed by atoms with Crippen LogP contribution in [0.5, 0.6) is 0 Å². The first-order valence-electron chi connectivity index (χ1n) is 8.30. The Hall–Kier alpha value is -1.84. The number of rotatable bonds is 4. The van der Waals surface area contributed by atoms with E-state index in [9.17, 15) is 4.79 Å². The van der Waals surface area contributed by atoms with Crippen molar-refractivity contribution in [1.82, 2.24) is 4.90 Å². The molecule has 0 unspecified atom stereocenters. The van der Waals surface area contributed by atoms with Crippen LogP contribution >= 0.6 is 11.6 Å². The fourth-order valence-electron chi connectivity index (χ4n) is 3.58. The van der Waals surface area contributed by atoms with Gasteiger partial charge in [0.05, 0.1) is 17.3 Å². The molecule has 0 bridgehead atoms. The molecular weight excluding hydrogens is 320 g/mol. The lowest BCUT2D eigenvalue weighted by Crippen LogP contribution is -2.32. The first kappa shape index (κ1) is 17.0. The highest BCUT2D eigenvalue weighted by molar-refractivity contribution is 6.34. The van der Waals surface area contributed by atoms with Crippen LogP contribution in [0.4, 0.5) is 5.69 Å². The van der Waals surface area contributed by atoms with Crippen molar-refractivity contribution in [3.8, 4) is 0 Å². The summed E-state index contributed by atoms with van der Waals surface area (Å²) in [7, 11) is 2.01. The van der Waals surface area contributed by atoms with Gasteiger partial charge in [0.25, 0.3) is 0 Å². The Balaban J connectivity index is 1.68. The van der Waals surface area contributed by atoms with E-state index in [0.717, 1.165) is 24.0 Å². The molecule has 0 aliphatic heterocycles. The Bertz CT molecular complexity index is 749. The number of benzene rings is 2.